The normalized spacial score (nSPS) is 13.5. The monoisotopic (exact) mass is 248 g/mol. The van der Waals surface area contributed by atoms with Crippen molar-refractivity contribution in [1.82, 2.24) is 9.96 Å². The molecule has 0 saturated heterocycles. The second kappa shape index (κ2) is 6.71. The minimum Gasteiger partial charge on any atom is -0.392 e. The molecule has 0 bridgehead atoms. The summed E-state index contributed by atoms with van der Waals surface area (Å²) in [5.41, 5.74) is 0.143. The van der Waals surface area contributed by atoms with Gasteiger partial charge in [-0.15, -0.1) is 0 Å². The summed E-state index contributed by atoms with van der Waals surface area (Å²) in [6, 6.07) is 0. The van der Waals surface area contributed by atoms with E-state index in [2.05, 4.69) is 51.5 Å². The Labute approximate surface area is 102 Å². The third-order valence-corrected chi connectivity index (χ3v) is 4.53. The van der Waals surface area contributed by atoms with Crippen LogP contribution in [-0.2, 0) is 9.16 Å². The third-order valence-electron chi connectivity index (χ3n) is 1.70. The lowest BCUT2D eigenvalue weighted by Gasteiger charge is -2.32. The first kappa shape index (κ1) is 16.1. The van der Waals surface area contributed by atoms with Crippen LogP contribution in [0.3, 0.4) is 0 Å². The second-order valence-corrected chi connectivity index (χ2v) is 7.70. The minimum atomic E-state index is -1.60. The fourth-order valence-corrected chi connectivity index (χ4v) is 3.30. The molecule has 4 nitrogen and oxygen atoms in total. The summed E-state index contributed by atoms with van der Waals surface area (Å²) in [6.45, 7) is 14.2. The molecule has 0 atom stereocenters. The molecule has 16 heavy (non-hydrogen) atoms. The highest BCUT2D eigenvalue weighted by atomic mass is 28.3. The summed E-state index contributed by atoms with van der Waals surface area (Å²) in [5.74, 6) is 0. The van der Waals surface area contributed by atoms with Crippen LogP contribution in [0.25, 0.3) is 0 Å². The van der Waals surface area contributed by atoms with E-state index >= 15 is 0 Å². The van der Waals surface area contributed by atoms with Gasteiger partial charge in [-0.3, -0.25) is 0 Å². The van der Waals surface area contributed by atoms with Crippen LogP contribution < -0.4 is 9.96 Å². The first-order valence-electron chi connectivity index (χ1n) is 5.80. The zero-order chi connectivity index (χ0) is 12.8. The van der Waals surface area contributed by atoms with Gasteiger partial charge in [0.15, 0.2) is 0 Å². The molecule has 0 amide bonds. The molecule has 0 aromatic carbocycles. The van der Waals surface area contributed by atoms with Crippen molar-refractivity contribution in [2.24, 2.45) is 0 Å². The topological polar surface area (TPSA) is 42.5 Å². The average molecular weight is 248 g/mol. The summed E-state index contributed by atoms with van der Waals surface area (Å²) < 4.78 is 10.8. The van der Waals surface area contributed by atoms with Crippen LogP contribution >= 0.6 is 0 Å². The Balaban J connectivity index is 4.17. The van der Waals surface area contributed by atoms with E-state index in [0.29, 0.717) is 13.2 Å². The lowest BCUT2D eigenvalue weighted by atomic mass is 10.1. The first-order valence-corrected chi connectivity index (χ1v) is 7.42. The molecule has 0 aromatic rings. The average Bonchev–Trinajstić information content (AvgIpc) is 1.97. The van der Waals surface area contributed by atoms with Crippen LogP contribution in [-0.4, -0.2) is 40.8 Å². The molecular formula is C11H28N2O2Si. The molecular weight excluding hydrogens is 220 g/mol. The molecule has 0 heterocycles. The third kappa shape index (κ3) is 10.6. The Bertz CT molecular complexity index is 171. The fourth-order valence-electron chi connectivity index (χ4n) is 1.16. The van der Waals surface area contributed by atoms with E-state index in [-0.39, 0.29) is 11.1 Å². The van der Waals surface area contributed by atoms with Crippen molar-refractivity contribution in [3.63, 3.8) is 0 Å². The van der Waals surface area contributed by atoms with Gasteiger partial charge in [0, 0.05) is 18.2 Å². The standard InChI is InChI=1S/C11H28N2O2Si/c1-10(2,3)12-16(13-11(4,5)6)15-9-8-14-7/h12-13,16H,8-9H2,1-7H3. The molecule has 0 radical (unpaired) electrons. The predicted octanol–water partition coefficient (Wildman–Crippen LogP) is 1.14. The summed E-state index contributed by atoms with van der Waals surface area (Å²) in [6.07, 6.45) is 0. The van der Waals surface area contributed by atoms with E-state index in [1.54, 1.807) is 7.11 Å². The highest BCUT2D eigenvalue weighted by Gasteiger charge is 2.24. The molecule has 98 valence electrons. The molecule has 0 aromatic heterocycles. The number of nitrogens with one attached hydrogen (secondary N) is 2. The summed E-state index contributed by atoms with van der Waals surface area (Å²) in [4.78, 5) is 7.04. The van der Waals surface area contributed by atoms with Crippen molar-refractivity contribution in [2.45, 2.75) is 52.6 Å². The molecule has 0 aliphatic heterocycles. The fraction of sp³-hybridized carbons (Fsp3) is 1.00. The smallest absolute Gasteiger partial charge is 0.336 e. The van der Waals surface area contributed by atoms with Gasteiger partial charge in [-0.1, -0.05) is 0 Å². The molecule has 0 spiro atoms. The maximum Gasteiger partial charge on any atom is 0.336 e. The van der Waals surface area contributed by atoms with E-state index in [1.807, 2.05) is 0 Å². The highest BCUT2D eigenvalue weighted by Crippen LogP contribution is 2.03. The molecule has 0 fully saturated rings. The van der Waals surface area contributed by atoms with E-state index < -0.39 is 9.36 Å². The second-order valence-electron chi connectivity index (χ2n) is 6.03. The molecule has 0 unspecified atom stereocenters. The van der Waals surface area contributed by atoms with Crippen molar-refractivity contribution in [1.29, 1.82) is 0 Å². The Morgan fingerprint density at radius 3 is 1.62 bits per heavy atom. The lowest BCUT2D eigenvalue weighted by molar-refractivity contribution is 0.139. The maximum absolute atomic E-state index is 5.83. The van der Waals surface area contributed by atoms with Crippen LogP contribution in [0.5, 0.6) is 0 Å². The Kier molecular flexibility index (Phi) is 6.73. The van der Waals surface area contributed by atoms with Crippen LogP contribution in [0.4, 0.5) is 0 Å². The summed E-state index contributed by atoms with van der Waals surface area (Å²) >= 11 is 0. The van der Waals surface area contributed by atoms with Crippen molar-refractivity contribution < 1.29 is 9.16 Å². The van der Waals surface area contributed by atoms with E-state index in [0.717, 1.165) is 0 Å². The maximum atomic E-state index is 5.83. The summed E-state index contributed by atoms with van der Waals surface area (Å²) in [5, 5.41) is 0. The van der Waals surface area contributed by atoms with Crippen LogP contribution in [0.2, 0.25) is 0 Å². The molecule has 0 rings (SSSR count). The quantitative estimate of drug-likeness (QED) is 0.546. The van der Waals surface area contributed by atoms with E-state index in [4.69, 9.17) is 9.16 Å². The zero-order valence-corrected chi connectivity index (χ0v) is 13.0. The SMILES string of the molecule is COCCO[SiH](NC(C)(C)C)NC(C)(C)C. The van der Waals surface area contributed by atoms with Crippen molar-refractivity contribution in [3.8, 4) is 0 Å². The number of methoxy groups -OCH3 is 1. The number of hydrogen-bond acceptors (Lipinski definition) is 4. The molecule has 5 heteroatoms. The molecule has 0 saturated carbocycles. The van der Waals surface area contributed by atoms with Gasteiger partial charge >= 0.3 is 9.36 Å². The number of ether oxygens (including phenoxy) is 1. The van der Waals surface area contributed by atoms with Gasteiger partial charge in [-0.25, -0.2) is 0 Å². The lowest BCUT2D eigenvalue weighted by Crippen LogP contribution is -2.61. The molecule has 2 N–H and O–H groups in total. The van der Waals surface area contributed by atoms with E-state index in [9.17, 15) is 0 Å². The van der Waals surface area contributed by atoms with Crippen LogP contribution in [0, 0.1) is 0 Å². The Morgan fingerprint density at radius 1 is 0.875 bits per heavy atom. The first-order chi connectivity index (χ1) is 7.14. The van der Waals surface area contributed by atoms with Crippen molar-refractivity contribution >= 4 is 9.36 Å². The predicted molar refractivity (Wildman–Crippen MR) is 70.8 cm³/mol. The Morgan fingerprint density at radius 2 is 1.31 bits per heavy atom. The van der Waals surface area contributed by atoms with Gasteiger partial charge in [0.1, 0.15) is 0 Å². The van der Waals surface area contributed by atoms with Crippen LogP contribution in [0.1, 0.15) is 41.5 Å². The highest BCUT2D eigenvalue weighted by molar-refractivity contribution is 6.46. The van der Waals surface area contributed by atoms with Crippen molar-refractivity contribution in [2.75, 3.05) is 20.3 Å². The zero-order valence-electron chi connectivity index (χ0n) is 11.8. The van der Waals surface area contributed by atoms with Gasteiger partial charge < -0.3 is 19.1 Å². The molecule has 0 aliphatic carbocycles. The van der Waals surface area contributed by atoms with Gasteiger partial charge in [0.05, 0.1) is 13.2 Å². The minimum absolute atomic E-state index is 0.0716. The van der Waals surface area contributed by atoms with Crippen LogP contribution in [0.15, 0.2) is 0 Å². The Hall–Kier alpha value is 0.0569. The summed E-state index contributed by atoms with van der Waals surface area (Å²) in [7, 11) is 0.0934. The molecule has 0 aliphatic rings. The number of rotatable bonds is 6. The van der Waals surface area contributed by atoms with Crippen molar-refractivity contribution in [3.05, 3.63) is 0 Å². The van der Waals surface area contributed by atoms with Gasteiger partial charge in [-0.2, -0.15) is 0 Å². The van der Waals surface area contributed by atoms with Gasteiger partial charge in [-0.05, 0) is 41.5 Å². The van der Waals surface area contributed by atoms with Gasteiger partial charge in [0.2, 0.25) is 0 Å². The largest absolute Gasteiger partial charge is 0.392 e. The van der Waals surface area contributed by atoms with Gasteiger partial charge in [0.25, 0.3) is 0 Å². The number of hydrogen-bond donors (Lipinski definition) is 2. The van der Waals surface area contributed by atoms with E-state index in [1.165, 1.54) is 0 Å².